The van der Waals surface area contributed by atoms with E-state index in [2.05, 4.69) is 20.8 Å². The van der Waals surface area contributed by atoms with Crippen molar-refractivity contribution >= 4 is 23.0 Å². The number of nitrogens with zero attached hydrogens (tertiary/aromatic N) is 4. The summed E-state index contributed by atoms with van der Waals surface area (Å²) in [6, 6.07) is 7.05. The normalized spacial score (nSPS) is 19.8. The van der Waals surface area contributed by atoms with Crippen molar-refractivity contribution in [1.29, 1.82) is 0 Å². The molecule has 2 aliphatic rings. The van der Waals surface area contributed by atoms with Gasteiger partial charge in [0.2, 0.25) is 0 Å². The first-order valence-corrected chi connectivity index (χ1v) is 11.0. The second-order valence-corrected chi connectivity index (χ2v) is 8.82. The summed E-state index contributed by atoms with van der Waals surface area (Å²) in [6.07, 6.45) is 2.61. The second kappa shape index (κ2) is 7.87. The van der Waals surface area contributed by atoms with Gasteiger partial charge in [-0.05, 0) is 56.3 Å². The molecular weight excluding hydrogens is 466 g/mol. The van der Waals surface area contributed by atoms with Gasteiger partial charge in [0.1, 0.15) is 40.3 Å². The summed E-state index contributed by atoms with van der Waals surface area (Å²) in [5.41, 5.74) is -0.259. The molecule has 0 fully saturated rings. The number of aromatic hydroxyl groups is 2. The quantitative estimate of drug-likeness (QED) is 0.284. The number of tetrazole rings is 1. The number of hydrogen-bond donors (Lipinski definition) is 3. The number of fused-ring (bicyclic) bond motifs is 3. The number of Topliss-reactive ketones (excluding diaryl/α,β-unsaturated/α-hetero) is 2. The van der Waals surface area contributed by atoms with Crippen LogP contribution in [0.3, 0.4) is 0 Å². The molecule has 0 bridgehead atoms. The van der Waals surface area contributed by atoms with E-state index in [-0.39, 0.29) is 45.2 Å². The van der Waals surface area contributed by atoms with Gasteiger partial charge in [-0.2, -0.15) is 0 Å². The number of ketones is 3. The largest absolute Gasteiger partial charge is 0.507 e. The monoisotopic (exact) mass is 487 g/mol. The third-order valence-electron chi connectivity index (χ3n) is 6.55. The number of carbonyl (C=O) groups is 3. The Morgan fingerprint density at radius 3 is 2.58 bits per heavy atom. The molecule has 1 aliphatic carbocycles. The highest BCUT2D eigenvalue weighted by Crippen LogP contribution is 2.57. The third-order valence-corrected chi connectivity index (χ3v) is 6.55. The Kier molecular flexibility index (Phi) is 5.02. The molecule has 2 heterocycles. The fraction of sp³-hybridized carbons (Fsp3) is 0.200. The van der Waals surface area contributed by atoms with Crippen molar-refractivity contribution in [2.45, 2.75) is 33.1 Å². The molecule has 11 heteroatoms. The van der Waals surface area contributed by atoms with E-state index < -0.39 is 28.5 Å². The molecule has 0 saturated heterocycles. The zero-order valence-electron chi connectivity index (χ0n) is 19.8. The molecule has 0 radical (unpaired) electrons. The summed E-state index contributed by atoms with van der Waals surface area (Å²) < 4.78 is 7.24. The van der Waals surface area contributed by atoms with Crippen molar-refractivity contribution < 1.29 is 29.3 Å². The molecule has 182 valence electrons. The van der Waals surface area contributed by atoms with Crippen molar-refractivity contribution in [3.05, 3.63) is 70.4 Å². The number of aromatic nitrogens is 4. The van der Waals surface area contributed by atoms with Crippen molar-refractivity contribution in [2.75, 3.05) is 5.32 Å². The SMILES string of the molecule is CC(=O)c1c(O)c(C)c(O)c2c1OC1=CC(=O)C(=C(C)Nc3cccc(-n4cnnn4)c3)C(=O)C12C. The lowest BCUT2D eigenvalue weighted by molar-refractivity contribution is -0.123. The topological polar surface area (TPSA) is 157 Å². The van der Waals surface area contributed by atoms with Crippen LogP contribution < -0.4 is 10.1 Å². The van der Waals surface area contributed by atoms with Crippen LogP contribution in [0, 0.1) is 6.92 Å². The number of nitrogens with one attached hydrogen (secondary N) is 1. The molecule has 0 saturated carbocycles. The maximum absolute atomic E-state index is 13.9. The third kappa shape index (κ3) is 3.13. The van der Waals surface area contributed by atoms with Gasteiger partial charge in [0.25, 0.3) is 0 Å². The van der Waals surface area contributed by atoms with Crippen LogP contribution >= 0.6 is 0 Å². The number of phenols is 2. The summed E-state index contributed by atoms with van der Waals surface area (Å²) in [6.45, 7) is 5.79. The molecule has 11 nitrogen and oxygen atoms in total. The summed E-state index contributed by atoms with van der Waals surface area (Å²) in [5, 5.41) is 35.6. The number of hydrogen-bond acceptors (Lipinski definition) is 10. The number of anilines is 1. The Hall–Kier alpha value is -4.80. The van der Waals surface area contributed by atoms with Crippen LogP contribution in [0.5, 0.6) is 17.2 Å². The molecule has 1 atom stereocenters. The summed E-state index contributed by atoms with van der Waals surface area (Å²) >= 11 is 0. The maximum atomic E-state index is 13.9. The number of benzene rings is 2. The number of carbonyl (C=O) groups excluding carboxylic acids is 3. The molecule has 5 rings (SSSR count). The van der Waals surface area contributed by atoms with Crippen LogP contribution in [0.1, 0.15) is 42.3 Å². The van der Waals surface area contributed by atoms with Gasteiger partial charge in [-0.25, -0.2) is 4.68 Å². The van der Waals surface area contributed by atoms with Gasteiger partial charge < -0.3 is 20.3 Å². The van der Waals surface area contributed by atoms with Gasteiger partial charge in [-0.3, -0.25) is 14.4 Å². The van der Waals surface area contributed by atoms with Crippen LogP contribution in [0.25, 0.3) is 5.69 Å². The van der Waals surface area contributed by atoms with E-state index in [9.17, 15) is 24.6 Å². The fourth-order valence-electron chi connectivity index (χ4n) is 4.65. The molecule has 3 aromatic rings. The Labute approximate surface area is 204 Å². The minimum Gasteiger partial charge on any atom is -0.507 e. The molecule has 36 heavy (non-hydrogen) atoms. The predicted octanol–water partition coefficient (Wildman–Crippen LogP) is 2.66. The van der Waals surface area contributed by atoms with Crippen LogP contribution in [0.15, 0.2) is 53.7 Å². The Bertz CT molecular complexity index is 1550. The summed E-state index contributed by atoms with van der Waals surface area (Å²) in [7, 11) is 0. The Morgan fingerprint density at radius 1 is 1.17 bits per heavy atom. The first-order chi connectivity index (χ1) is 17.1. The predicted molar refractivity (Wildman–Crippen MR) is 126 cm³/mol. The van der Waals surface area contributed by atoms with Crippen molar-refractivity contribution in [3.63, 3.8) is 0 Å². The van der Waals surface area contributed by atoms with Crippen LogP contribution in [-0.4, -0.2) is 47.8 Å². The van der Waals surface area contributed by atoms with E-state index in [1.807, 2.05) is 0 Å². The lowest BCUT2D eigenvalue weighted by Gasteiger charge is -2.29. The van der Waals surface area contributed by atoms with Gasteiger partial charge in [-0.15, -0.1) is 5.10 Å². The van der Waals surface area contributed by atoms with Gasteiger partial charge in [0.05, 0.1) is 16.8 Å². The second-order valence-electron chi connectivity index (χ2n) is 8.82. The Morgan fingerprint density at radius 2 is 1.92 bits per heavy atom. The zero-order valence-corrected chi connectivity index (χ0v) is 19.8. The van der Waals surface area contributed by atoms with Crippen molar-refractivity contribution in [1.82, 2.24) is 20.2 Å². The highest BCUT2D eigenvalue weighted by atomic mass is 16.5. The molecule has 3 N–H and O–H groups in total. The number of ether oxygens (including phenoxy) is 1. The average Bonchev–Trinajstić information content (AvgIpc) is 3.45. The first-order valence-electron chi connectivity index (χ1n) is 11.0. The zero-order chi connectivity index (χ0) is 25.9. The lowest BCUT2D eigenvalue weighted by Crippen LogP contribution is -2.40. The van der Waals surface area contributed by atoms with Crippen LogP contribution in [0.2, 0.25) is 0 Å². The maximum Gasteiger partial charge on any atom is 0.194 e. The van der Waals surface area contributed by atoms with E-state index in [0.29, 0.717) is 11.4 Å². The molecule has 0 amide bonds. The van der Waals surface area contributed by atoms with E-state index in [0.717, 1.165) is 0 Å². The Balaban J connectivity index is 1.62. The van der Waals surface area contributed by atoms with E-state index in [1.54, 1.807) is 31.2 Å². The number of allylic oxidation sites excluding steroid dienone is 4. The molecule has 1 aromatic heterocycles. The highest BCUT2D eigenvalue weighted by Gasteiger charge is 2.56. The van der Waals surface area contributed by atoms with E-state index >= 15 is 0 Å². The number of rotatable bonds is 4. The van der Waals surface area contributed by atoms with Gasteiger partial charge in [-0.1, -0.05) is 6.07 Å². The molecule has 1 aliphatic heterocycles. The smallest absolute Gasteiger partial charge is 0.194 e. The van der Waals surface area contributed by atoms with Crippen molar-refractivity contribution in [2.24, 2.45) is 0 Å². The number of phenolic OH excluding ortho intramolecular Hbond substituents is 2. The first kappa shape index (κ1) is 23.0. The minimum absolute atomic E-state index is 0.0208. The van der Waals surface area contributed by atoms with Crippen molar-refractivity contribution in [3.8, 4) is 22.9 Å². The molecule has 1 unspecified atom stereocenters. The fourth-order valence-corrected chi connectivity index (χ4v) is 4.65. The van der Waals surface area contributed by atoms with Crippen LogP contribution in [-0.2, 0) is 15.0 Å². The van der Waals surface area contributed by atoms with E-state index in [1.165, 1.54) is 37.9 Å². The molecular formula is C25H21N5O6. The van der Waals surface area contributed by atoms with E-state index in [4.69, 9.17) is 4.74 Å². The molecule has 0 spiro atoms. The lowest BCUT2D eigenvalue weighted by atomic mass is 9.70. The standard InChI is InChI=1S/C25H21N5O6/c1-11-21(33)19(13(3)31)23-20(22(11)34)25(4)17(36-23)9-16(32)18(24(25)35)12(2)27-14-6-5-7-15(8-14)30-10-26-28-29-30/h5-10,27,33-34H,1-4H3. The van der Waals surface area contributed by atoms with Gasteiger partial charge >= 0.3 is 0 Å². The average molecular weight is 487 g/mol. The highest BCUT2D eigenvalue weighted by molar-refractivity contribution is 6.31. The van der Waals surface area contributed by atoms with Gasteiger partial charge in [0.15, 0.2) is 17.3 Å². The van der Waals surface area contributed by atoms with Gasteiger partial charge in [0, 0.05) is 23.0 Å². The minimum atomic E-state index is -1.58. The summed E-state index contributed by atoms with van der Waals surface area (Å²) in [4.78, 5) is 39.3. The van der Waals surface area contributed by atoms with Crippen LogP contribution in [0.4, 0.5) is 5.69 Å². The molecule has 2 aromatic carbocycles. The summed E-state index contributed by atoms with van der Waals surface area (Å²) in [5.74, 6) is -2.67.